The van der Waals surface area contributed by atoms with Crippen LogP contribution in [0.25, 0.3) is 0 Å². The zero-order valence-electron chi connectivity index (χ0n) is 19.9. The van der Waals surface area contributed by atoms with Gasteiger partial charge in [0.15, 0.2) is 0 Å². The topological polar surface area (TPSA) is 139 Å². The number of aromatic nitrogens is 2. The monoisotopic (exact) mass is 474 g/mol. The molecule has 3 aromatic rings. The summed E-state index contributed by atoms with van der Waals surface area (Å²) in [4.78, 5) is 42.2. The van der Waals surface area contributed by atoms with Crippen molar-refractivity contribution in [3.63, 3.8) is 0 Å². The van der Waals surface area contributed by atoms with Crippen LogP contribution in [0, 0.1) is 12.8 Å². The van der Waals surface area contributed by atoms with Crippen LogP contribution in [0.5, 0.6) is 5.75 Å². The van der Waals surface area contributed by atoms with Crippen molar-refractivity contribution in [3.05, 3.63) is 80.5 Å². The Balaban J connectivity index is 1.56. The van der Waals surface area contributed by atoms with Crippen molar-refractivity contribution in [1.29, 1.82) is 0 Å². The zero-order chi connectivity index (χ0) is 25.1. The summed E-state index contributed by atoms with van der Waals surface area (Å²) in [6.45, 7) is 5.95. The number of nitrogens with two attached hydrogens (primary N) is 1. The number of aromatic amines is 1. The SMILES string of the molecule is Cc1c(C(=O)NC23C(=O)c4c(N)cccc4C2(O)Oc2cc(C4(C)CC4C)ccc23)[nH]c(=O)n1C. The van der Waals surface area contributed by atoms with Gasteiger partial charge in [-0.3, -0.25) is 14.2 Å². The van der Waals surface area contributed by atoms with Crippen LogP contribution >= 0.6 is 0 Å². The number of benzene rings is 2. The number of anilines is 1. The lowest BCUT2D eigenvalue weighted by Gasteiger charge is -2.34. The number of nitrogens with one attached hydrogen (secondary N) is 2. The summed E-state index contributed by atoms with van der Waals surface area (Å²) in [7, 11) is 1.53. The first-order valence-electron chi connectivity index (χ1n) is 11.5. The number of amides is 1. The van der Waals surface area contributed by atoms with E-state index < -0.39 is 28.7 Å². The van der Waals surface area contributed by atoms with Crippen molar-refractivity contribution < 1.29 is 19.4 Å². The number of hydrogen-bond donors (Lipinski definition) is 4. The van der Waals surface area contributed by atoms with E-state index >= 15 is 0 Å². The summed E-state index contributed by atoms with van der Waals surface area (Å²) in [5.74, 6) is -2.69. The molecule has 1 aliphatic heterocycles. The third-order valence-electron chi connectivity index (χ3n) is 8.43. The lowest BCUT2D eigenvalue weighted by molar-refractivity contribution is -0.169. The third kappa shape index (κ3) is 2.43. The standard InChI is InChI=1S/C26H26N4O5/c1-12-11-24(12,3)14-8-9-15-18(10-14)35-26(34)16-6-5-7-17(27)19(16)21(31)25(15,26)29-22(32)20-13(2)30(4)23(33)28-20/h5-10,12,34H,11,27H2,1-4H3,(H,28,33)(H,29,32). The fraction of sp³-hybridized carbons (Fsp3) is 0.346. The lowest BCUT2D eigenvalue weighted by atomic mass is 9.81. The minimum Gasteiger partial charge on any atom is -0.454 e. The Labute approximate surface area is 200 Å². The van der Waals surface area contributed by atoms with E-state index in [0.717, 1.165) is 12.0 Å². The van der Waals surface area contributed by atoms with Gasteiger partial charge in [0.2, 0.25) is 11.3 Å². The van der Waals surface area contributed by atoms with Gasteiger partial charge in [-0.1, -0.05) is 38.1 Å². The molecule has 180 valence electrons. The number of H-pyrrole nitrogens is 1. The van der Waals surface area contributed by atoms with Crippen LogP contribution in [0.4, 0.5) is 5.69 Å². The van der Waals surface area contributed by atoms with E-state index in [9.17, 15) is 19.5 Å². The molecular formula is C26H26N4O5. The van der Waals surface area contributed by atoms with Crippen molar-refractivity contribution in [2.75, 3.05) is 5.73 Å². The Morgan fingerprint density at radius 2 is 1.97 bits per heavy atom. The molecule has 4 atom stereocenters. The first kappa shape index (κ1) is 21.7. The molecule has 5 N–H and O–H groups in total. The average Bonchev–Trinajstić information content (AvgIpc) is 3.16. The number of carbonyl (C=O) groups is 2. The van der Waals surface area contributed by atoms with Gasteiger partial charge in [0, 0.05) is 29.6 Å². The van der Waals surface area contributed by atoms with Gasteiger partial charge in [0.1, 0.15) is 11.4 Å². The van der Waals surface area contributed by atoms with Gasteiger partial charge in [0.25, 0.3) is 11.7 Å². The molecule has 0 radical (unpaired) electrons. The van der Waals surface area contributed by atoms with Gasteiger partial charge < -0.3 is 25.9 Å². The zero-order valence-corrected chi connectivity index (χ0v) is 19.9. The second-order valence-electron chi connectivity index (χ2n) is 10.2. The van der Waals surface area contributed by atoms with Crippen LogP contribution in [-0.2, 0) is 23.8 Å². The van der Waals surface area contributed by atoms with Crippen molar-refractivity contribution in [1.82, 2.24) is 14.9 Å². The Morgan fingerprint density at radius 3 is 2.60 bits per heavy atom. The predicted octanol–water partition coefficient (Wildman–Crippen LogP) is 1.96. The van der Waals surface area contributed by atoms with E-state index in [2.05, 4.69) is 24.1 Å². The predicted molar refractivity (Wildman–Crippen MR) is 127 cm³/mol. The molecule has 0 bridgehead atoms. The smallest absolute Gasteiger partial charge is 0.326 e. The molecule has 0 saturated heterocycles. The van der Waals surface area contributed by atoms with Crippen LogP contribution in [0.1, 0.15) is 63.5 Å². The molecule has 1 amide bonds. The molecular weight excluding hydrogens is 448 g/mol. The molecule has 1 saturated carbocycles. The highest BCUT2D eigenvalue weighted by Crippen LogP contribution is 2.61. The average molecular weight is 475 g/mol. The summed E-state index contributed by atoms with van der Waals surface area (Å²) >= 11 is 0. The summed E-state index contributed by atoms with van der Waals surface area (Å²) in [5.41, 5.74) is 5.91. The molecule has 9 heteroatoms. The maximum absolute atomic E-state index is 14.0. The minimum atomic E-state index is -2.22. The van der Waals surface area contributed by atoms with Gasteiger partial charge >= 0.3 is 5.69 Å². The fourth-order valence-corrected chi connectivity index (χ4v) is 5.76. The molecule has 3 aliphatic rings. The molecule has 2 aromatic carbocycles. The Kier molecular flexibility index (Phi) is 3.98. The maximum atomic E-state index is 14.0. The number of aliphatic hydroxyl groups is 1. The fourth-order valence-electron chi connectivity index (χ4n) is 5.76. The number of nitrogen functional groups attached to an aromatic ring is 1. The van der Waals surface area contributed by atoms with Crippen LogP contribution in [0.2, 0.25) is 0 Å². The van der Waals surface area contributed by atoms with E-state index in [4.69, 9.17) is 10.5 Å². The van der Waals surface area contributed by atoms with Crippen molar-refractivity contribution in [2.45, 2.75) is 43.9 Å². The van der Waals surface area contributed by atoms with Gasteiger partial charge in [0.05, 0.1) is 5.56 Å². The second-order valence-corrected chi connectivity index (χ2v) is 10.2. The second kappa shape index (κ2) is 6.42. The van der Waals surface area contributed by atoms with Gasteiger partial charge in [-0.25, -0.2) is 4.79 Å². The quantitative estimate of drug-likeness (QED) is 0.428. The molecule has 2 heterocycles. The van der Waals surface area contributed by atoms with Gasteiger partial charge in [-0.05, 0) is 42.4 Å². The number of carbonyl (C=O) groups excluding carboxylic acids is 2. The number of fused-ring (bicyclic) bond motifs is 5. The number of hydrogen-bond acceptors (Lipinski definition) is 6. The lowest BCUT2D eigenvalue weighted by Crippen LogP contribution is -2.60. The van der Waals surface area contributed by atoms with Crippen LogP contribution in [0.15, 0.2) is 41.2 Å². The van der Waals surface area contributed by atoms with E-state index in [0.29, 0.717) is 22.9 Å². The summed E-state index contributed by atoms with van der Waals surface area (Å²) in [5, 5.41) is 14.8. The Morgan fingerprint density at radius 1 is 1.26 bits per heavy atom. The van der Waals surface area contributed by atoms with Crippen molar-refractivity contribution in [2.24, 2.45) is 13.0 Å². The molecule has 35 heavy (non-hydrogen) atoms. The van der Waals surface area contributed by atoms with E-state index in [1.54, 1.807) is 31.2 Å². The molecule has 9 nitrogen and oxygen atoms in total. The Bertz CT molecular complexity index is 1540. The highest BCUT2D eigenvalue weighted by molar-refractivity contribution is 6.16. The van der Waals surface area contributed by atoms with E-state index in [1.807, 2.05) is 12.1 Å². The molecule has 4 unspecified atom stereocenters. The highest BCUT2D eigenvalue weighted by atomic mass is 16.6. The summed E-state index contributed by atoms with van der Waals surface area (Å²) in [6, 6.07) is 10.3. The summed E-state index contributed by atoms with van der Waals surface area (Å²) < 4.78 is 7.45. The number of rotatable bonds is 3. The molecule has 1 fully saturated rings. The molecule has 1 aromatic heterocycles. The third-order valence-corrected chi connectivity index (χ3v) is 8.43. The van der Waals surface area contributed by atoms with Crippen LogP contribution in [0.3, 0.4) is 0 Å². The maximum Gasteiger partial charge on any atom is 0.326 e. The summed E-state index contributed by atoms with van der Waals surface area (Å²) in [6.07, 6.45) is 1.02. The largest absolute Gasteiger partial charge is 0.454 e. The number of ketones is 1. The molecule has 6 rings (SSSR count). The van der Waals surface area contributed by atoms with Crippen molar-refractivity contribution in [3.8, 4) is 5.75 Å². The number of nitrogens with zero attached hydrogens (tertiary/aromatic N) is 1. The minimum absolute atomic E-state index is 0.00432. The van der Waals surface area contributed by atoms with Crippen molar-refractivity contribution >= 4 is 17.4 Å². The van der Waals surface area contributed by atoms with Crippen LogP contribution < -0.4 is 21.5 Å². The highest BCUT2D eigenvalue weighted by Gasteiger charge is 2.72. The first-order chi connectivity index (χ1) is 16.5. The van der Waals surface area contributed by atoms with Gasteiger partial charge in [-0.15, -0.1) is 0 Å². The first-order valence-corrected chi connectivity index (χ1v) is 11.5. The normalized spacial score (nSPS) is 29.9. The molecule has 0 spiro atoms. The van der Waals surface area contributed by atoms with E-state index in [1.165, 1.54) is 11.6 Å². The molecule has 2 aliphatic carbocycles. The number of Topliss-reactive ketones (excluding diaryl/α,β-unsaturated/α-hetero) is 1. The Hall–Kier alpha value is -3.85. The van der Waals surface area contributed by atoms with E-state index in [-0.39, 0.29) is 27.9 Å². The number of ether oxygens (including phenoxy) is 1. The van der Waals surface area contributed by atoms with Gasteiger partial charge in [-0.2, -0.15) is 0 Å². The van der Waals surface area contributed by atoms with Crippen LogP contribution in [-0.4, -0.2) is 26.3 Å². The number of imidazole rings is 1.